The van der Waals surface area contributed by atoms with Crippen LogP contribution in [0.3, 0.4) is 0 Å². The fraction of sp³-hybridized carbons (Fsp3) is 0.387. The van der Waals surface area contributed by atoms with Crippen molar-refractivity contribution in [2.24, 2.45) is 23.7 Å². The molecule has 0 spiro atoms. The molecule has 4 N–H and O–H groups in total. The predicted molar refractivity (Wildman–Crippen MR) is 522 cm³/mol. The van der Waals surface area contributed by atoms with Gasteiger partial charge in [0.1, 0.15) is 0 Å². The van der Waals surface area contributed by atoms with Gasteiger partial charge in [0.15, 0.2) is 58.2 Å². The van der Waals surface area contributed by atoms with E-state index in [4.69, 9.17) is 34.9 Å². The van der Waals surface area contributed by atoms with E-state index in [0.717, 1.165) is 206 Å². The summed E-state index contributed by atoms with van der Waals surface area (Å²) in [7, 11) is 0. The van der Waals surface area contributed by atoms with Gasteiger partial charge in [0.2, 0.25) is 23.5 Å². The zero-order valence-electron chi connectivity index (χ0n) is 76.3. The Kier molecular flexibility index (Phi) is 31.8. The molecule has 24 heteroatoms. The average molecular weight is 1940 g/mol. The Bertz CT molecular complexity index is 6250. The lowest BCUT2D eigenvalue weighted by molar-refractivity contribution is -0.116. The van der Waals surface area contributed by atoms with Crippen LogP contribution < -0.4 is 21.3 Å². The Hall–Kier alpha value is -11.8. The lowest BCUT2D eigenvalue weighted by atomic mass is 9.85. The number of halogens is 8. The largest absolute Gasteiger partial charge is 0.309 e. The second kappa shape index (κ2) is 45.2. The van der Waals surface area contributed by atoms with Crippen LogP contribution in [0.15, 0.2) is 170 Å². The molecular formula is C111H114F7IN12O4. The van der Waals surface area contributed by atoms with E-state index in [9.17, 15) is 49.9 Å². The first kappa shape index (κ1) is 94.9. The molecule has 16 nitrogen and oxygen atoms in total. The number of anilines is 4. The highest BCUT2D eigenvalue weighted by Gasteiger charge is 2.33. The molecule has 8 aliphatic rings. The Labute approximate surface area is 798 Å². The van der Waals surface area contributed by atoms with Gasteiger partial charge in [0.05, 0.1) is 87.6 Å². The zero-order valence-corrected chi connectivity index (χ0v) is 78.4. The van der Waals surface area contributed by atoms with E-state index in [-0.39, 0.29) is 30.0 Å². The van der Waals surface area contributed by atoms with Crippen LogP contribution in [0.2, 0.25) is 0 Å². The van der Waals surface area contributed by atoms with Crippen LogP contribution in [0.25, 0.3) is 45.0 Å². The van der Waals surface area contributed by atoms with E-state index >= 15 is 0 Å². The van der Waals surface area contributed by atoms with Gasteiger partial charge in [-0.25, -0.2) is 70.6 Å². The molecule has 0 radical (unpaired) electrons. The van der Waals surface area contributed by atoms with Gasteiger partial charge in [-0.3, -0.25) is 19.2 Å². The summed E-state index contributed by atoms with van der Waals surface area (Å²) in [4.78, 5) is 90.9. The lowest BCUT2D eigenvalue weighted by Gasteiger charge is -2.23. The van der Waals surface area contributed by atoms with E-state index in [2.05, 4.69) is 110 Å². The van der Waals surface area contributed by atoms with Crippen LogP contribution in [-0.4, -0.2) is 63.5 Å². The zero-order chi connectivity index (χ0) is 93.3. The summed E-state index contributed by atoms with van der Waals surface area (Å²) in [6, 6.07) is 54.2. The first-order chi connectivity index (χ1) is 65.8. The summed E-state index contributed by atoms with van der Waals surface area (Å²) < 4.78 is 96.9. The van der Waals surface area contributed by atoms with E-state index < -0.39 is 58.6 Å². The maximum Gasteiger partial charge on any atom is 0.256 e. The Morgan fingerprint density at radius 2 is 0.593 bits per heavy atom. The summed E-state index contributed by atoms with van der Waals surface area (Å²) in [5.41, 5.74) is 20.9. The van der Waals surface area contributed by atoms with Gasteiger partial charge in [-0.1, -0.05) is 262 Å². The van der Waals surface area contributed by atoms with Crippen molar-refractivity contribution >= 4 is 69.5 Å². The van der Waals surface area contributed by atoms with Gasteiger partial charge in [-0.15, -0.1) is 0 Å². The molecule has 4 saturated carbocycles. The number of hydrogen-bond acceptors (Lipinski definition) is 12. The molecule has 0 saturated heterocycles. The average Bonchev–Trinajstić information content (AvgIpc) is 0.783. The molecule has 0 unspecified atom stereocenters. The number of rotatable bonds is 23. The van der Waals surface area contributed by atoms with Gasteiger partial charge in [0.25, 0.3) is 5.91 Å². The minimum Gasteiger partial charge on any atom is -0.309 e. The number of hydrogen-bond donors (Lipinski definition) is 4. The molecule has 4 heterocycles. The quantitative estimate of drug-likeness (QED) is 0.0203. The van der Waals surface area contributed by atoms with Crippen molar-refractivity contribution in [3.8, 4) is 45.0 Å². The van der Waals surface area contributed by atoms with Crippen molar-refractivity contribution in [2.45, 2.75) is 250 Å². The molecule has 4 aromatic heterocycles. The molecule has 4 amide bonds. The van der Waals surface area contributed by atoms with Crippen molar-refractivity contribution in [3.05, 3.63) is 304 Å². The number of aromatic nitrogens is 8. The standard InChI is InChI=1S/C28H26F5N3O.C28H29F2N3O.C28H30IN3O.C27H29N3O/c29-22-18(23(30)25(32)26(33)24(22)31)14-21(37)36-28-20(12-10-15-6-2-1-3-7-15)34-27-17-9-5-4-8-16(17)11-13-19(27)35-28;29-22-13-10-19(16-23(22)30)17-26(34)33-28-25(14-11-18-6-2-1-3-7-18)31-27-21-9-5-4-8-20(21)12-15-24(27)32-28;29-22-14-10-20(11-15-22)18-26(33)32-28-25(16-12-19-6-2-1-3-7-19)30-27-23-9-5-4-8-21(23)13-17-24(27)31-28;31-27(21-12-5-2-6-13-21)30-26-24(17-15-19-9-3-1-4-10-19)28-25-22-14-8-7-11-20(22)16-18-23(25)29-26/h4-5,8-9,15H,1-3,6-7,10-14H2,(H,35,36,37);4-5,8-10,13,16,18H,1-3,6-7,11-12,14-15,17H2,(H,32,33,34);4-5,8-11,14-15,19H,1-3,6-7,12-13,16-18H2,(H,31,32,33);2,5-8,11-14,19H,1,3-4,9-10,15-18H2,(H,29,30,31). The molecule has 698 valence electrons. The first-order valence-corrected chi connectivity index (χ1v) is 49.8. The lowest BCUT2D eigenvalue weighted by Crippen LogP contribution is -2.22. The molecule has 0 bridgehead atoms. The van der Waals surface area contributed by atoms with Crippen molar-refractivity contribution < 1.29 is 49.9 Å². The summed E-state index contributed by atoms with van der Waals surface area (Å²) in [5.74, 6) is -9.00. The van der Waals surface area contributed by atoms with Gasteiger partial charge < -0.3 is 21.3 Å². The maximum absolute atomic E-state index is 14.1. The smallest absolute Gasteiger partial charge is 0.256 e. The van der Waals surface area contributed by atoms with Crippen LogP contribution >= 0.6 is 22.6 Å². The third kappa shape index (κ3) is 24.0. The molecule has 8 aliphatic carbocycles. The highest BCUT2D eigenvalue weighted by atomic mass is 127. The topological polar surface area (TPSA) is 220 Å². The number of aryl methyl sites for hydroxylation is 12. The molecule has 20 rings (SSSR count). The van der Waals surface area contributed by atoms with E-state index in [1.807, 2.05) is 91.0 Å². The van der Waals surface area contributed by atoms with Gasteiger partial charge in [-0.05, 0) is 219 Å². The minimum absolute atomic E-state index is 0.0272. The number of benzene rings is 8. The van der Waals surface area contributed by atoms with Crippen molar-refractivity contribution in [1.82, 2.24) is 39.9 Å². The monoisotopic (exact) mass is 1940 g/mol. The first-order valence-electron chi connectivity index (χ1n) is 48.7. The molecule has 135 heavy (non-hydrogen) atoms. The highest BCUT2D eigenvalue weighted by molar-refractivity contribution is 14.1. The Morgan fingerprint density at radius 3 is 0.933 bits per heavy atom. The molecule has 8 aromatic carbocycles. The third-order valence-corrected chi connectivity index (χ3v) is 28.9. The van der Waals surface area contributed by atoms with Crippen LogP contribution in [0.1, 0.15) is 249 Å². The van der Waals surface area contributed by atoms with Gasteiger partial charge in [-0.2, -0.15) is 0 Å². The summed E-state index contributed by atoms with van der Waals surface area (Å²) in [5, 5.41) is 11.7. The van der Waals surface area contributed by atoms with E-state index in [1.54, 1.807) is 0 Å². The van der Waals surface area contributed by atoms with Crippen LogP contribution in [0, 0.1) is 68.0 Å². The number of fused-ring (bicyclic) bond motifs is 12. The Balaban J connectivity index is 0.000000125. The number of carbonyl (C=O) groups excluding carboxylic acids is 4. The fourth-order valence-corrected chi connectivity index (χ4v) is 21.1. The summed E-state index contributed by atoms with van der Waals surface area (Å²) in [6.45, 7) is 0. The van der Waals surface area contributed by atoms with Crippen molar-refractivity contribution in [3.63, 3.8) is 0 Å². The van der Waals surface area contributed by atoms with Crippen molar-refractivity contribution in [2.75, 3.05) is 21.3 Å². The van der Waals surface area contributed by atoms with Gasteiger partial charge >= 0.3 is 0 Å². The normalized spacial score (nSPS) is 15.5. The van der Waals surface area contributed by atoms with Crippen LogP contribution in [-0.2, 0) is 111 Å². The SMILES string of the molecule is O=C(Cc1c(F)c(F)c(F)c(F)c1F)Nc1nc2c(nc1CCC1CCCCC1)-c1ccccc1CC2.O=C(Cc1ccc(F)c(F)c1)Nc1nc2c(nc1CCC1CCCCC1)-c1ccccc1CC2.O=C(Cc1ccc(I)cc1)Nc1nc2c(nc1CCC1CCCCC1)-c1ccccc1CC2.O=C(Nc1nc2c(nc1CCC1CCCCC1)-c1ccccc1CC2)c1ccccc1. The van der Waals surface area contributed by atoms with E-state index in [0.29, 0.717) is 71.1 Å². The molecule has 12 aromatic rings. The van der Waals surface area contributed by atoms with E-state index in [1.165, 1.54) is 153 Å². The fourth-order valence-electron chi connectivity index (χ4n) is 20.7. The number of amides is 4. The number of nitrogens with one attached hydrogen (secondary N) is 4. The predicted octanol–water partition coefficient (Wildman–Crippen LogP) is 25.4. The summed E-state index contributed by atoms with van der Waals surface area (Å²) in [6.07, 6.45) is 38.6. The van der Waals surface area contributed by atoms with Crippen LogP contribution in [0.5, 0.6) is 0 Å². The molecular weight excluding hydrogens is 1830 g/mol. The second-order valence-electron chi connectivity index (χ2n) is 37.5. The molecule has 4 fully saturated rings. The minimum atomic E-state index is -2.26. The Morgan fingerprint density at radius 1 is 0.296 bits per heavy atom. The summed E-state index contributed by atoms with van der Waals surface area (Å²) >= 11 is 2.28. The molecule has 0 atom stereocenters. The van der Waals surface area contributed by atoms with Gasteiger partial charge in [0, 0.05) is 37.0 Å². The molecule has 0 aliphatic heterocycles. The number of nitrogens with zero attached hydrogens (tertiary/aromatic N) is 8. The number of carbonyl (C=O) groups is 4. The highest BCUT2D eigenvalue weighted by Crippen LogP contribution is 2.42. The maximum atomic E-state index is 14.1. The van der Waals surface area contributed by atoms with Crippen LogP contribution in [0.4, 0.5) is 54.0 Å². The second-order valence-corrected chi connectivity index (χ2v) is 38.7. The third-order valence-electron chi connectivity index (χ3n) is 28.1. The van der Waals surface area contributed by atoms with Crippen molar-refractivity contribution in [1.29, 1.82) is 0 Å².